The molecule has 0 spiro atoms. The smallest absolute Gasteiger partial charge is 0.319 e. The van der Waals surface area contributed by atoms with Crippen LogP contribution in [0.15, 0.2) is 18.2 Å². The van der Waals surface area contributed by atoms with E-state index in [1.807, 2.05) is 19.1 Å². The Labute approximate surface area is 113 Å². The molecule has 98 valence electrons. The van der Waals surface area contributed by atoms with Crippen LogP contribution in [0.1, 0.15) is 37.7 Å². The minimum absolute atomic E-state index is 0.158. The fraction of sp³-hybridized carbons (Fsp3) is 0.500. The van der Waals surface area contributed by atoms with Crippen LogP contribution >= 0.6 is 11.6 Å². The van der Waals surface area contributed by atoms with E-state index in [2.05, 4.69) is 10.6 Å². The topological polar surface area (TPSA) is 41.1 Å². The van der Waals surface area contributed by atoms with E-state index in [4.69, 9.17) is 11.6 Å². The molecule has 1 aliphatic carbocycles. The third-order valence-corrected chi connectivity index (χ3v) is 3.64. The molecule has 1 aromatic carbocycles. The zero-order valence-electron chi connectivity index (χ0n) is 10.6. The number of benzene rings is 1. The van der Waals surface area contributed by atoms with Gasteiger partial charge in [-0.3, -0.25) is 0 Å². The largest absolute Gasteiger partial charge is 0.335 e. The average molecular weight is 267 g/mol. The lowest BCUT2D eigenvalue weighted by molar-refractivity contribution is 0.244. The monoisotopic (exact) mass is 266 g/mol. The average Bonchev–Trinajstić information content (AvgIpc) is 2.35. The SMILES string of the molecule is Cc1ccc(Cl)c(NC(=O)NC2CCCCC2)c1. The van der Waals surface area contributed by atoms with Crippen LogP contribution in [0.5, 0.6) is 0 Å². The van der Waals surface area contributed by atoms with Crippen molar-refractivity contribution in [1.82, 2.24) is 5.32 Å². The fourth-order valence-corrected chi connectivity index (χ4v) is 2.49. The molecular formula is C14H19ClN2O. The second-order valence-corrected chi connectivity index (χ2v) is 5.32. The Morgan fingerprint density at radius 2 is 2.00 bits per heavy atom. The highest BCUT2D eigenvalue weighted by Gasteiger charge is 2.16. The van der Waals surface area contributed by atoms with E-state index < -0.39 is 0 Å². The number of aryl methyl sites for hydroxylation is 1. The van der Waals surface area contributed by atoms with Crippen LogP contribution in [-0.4, -0.2) is 12.1 Å². The number of halogens is 1. The van der Waals surface area contributed by atoms with E-state index in [9.17, 15) is 4.79 Å². The third-order valence-electron chi connectivity index (χ3n) is 3.31. The number of rotatable bonds is 2. The summed E-state index contributed by atoms with van der Waals surface area (Å²) >= 11 is 6.04. The van der Waals surface area contributed by atoms with E-state index >= 15 is 0 Å². The van der Waals surface area contributed by atoms with Gasteiger partial charge in [0.2, 0.25) is 0 Å². The summed E-state index contributed by atoms with van der Waals surface area (Å²) in [4.78, 5) is 11.9. The van der Waals surface area contributed by atoms with E-state index in [0.717, 1.165) is 18.4 Å². The van der Waals surface area contributed by atoms with Crippen LogP contribution < -0.4 is 10.6 Å². The molecule has 18 heavy (non-hydrogen) atoms. The molecule has 4 heteroatoms. The summed E-state index contributed by atoms with van der Waals surface area (Å²) in [6.45, 7) is 1.97. The quantitative estimate of drug-likeness (QED) is 0.831. The molecule has 1 fully saturated rings. The number of amides is 2. The Morgan fingerprint density at radius 3 is 2.72 bits per heavy atom. The second-order valence-electron chi connectivity index (χ2n) is 4.92. The minimum Gasteiger partial charge on any atom is -0.335 e. The maximum absolute atomic E-state index is 11.9. The second kappa shape index (κ2) is 6.10. The number of carbonyl (C=O) groups is 1. The zero-order valence-corrected chi connectivity index (χ0v) is 11.4. The van der Waals surface area contributed by atoms with Crippen LogP contribution in [0.3, 0.4) is 0 Å². The first-order valence-electron chi connectivity index (χ1n) is 6.49. The number of anilines is 1. The van der Waals surface area contributed by atoms with E-state index in [1.54, 1.807) is 6.07 Å². The van der Waals surface area contributed by atoms with Crippen molar-refractivity contribution in [2.75, 3.05) is 5.32 Å². The van der Waals surface area contributed by atoms with Gasteiger partial charge in [0, 0.05) is 6.04 Å². The van der Waals surface area contributed by atoms with Gasteiger partial charge in [0.05, 0.1) is 10.7 Å². The van der Waals surface area contributed by atoms with Crippen molar-refractivity contribution in [3.05, 3.63) is 28.8 Å². The molecule has 0 atom stereocenters. The maximum Gasteiger partial charge on any atom is 0.319 e. The number of carbonyl (C=O) groups excluding carboxylic acids is 1. The van der Waals surface area contributed by atoms with Crippen LogP contribution in [0.25, 0.3) is 0 Å². The van der Waals surface area contributed by atoms with Crippen molar-refractivity contribution in [3.8, 4) is 0 Å². The number of nitrogens with one attached hydrogen (secondary N) is 2. The van der Waals surface area contributed by atoms with Crippen LogP contribution in [-0.2, 0) is 0 Å². The first-order chi connectivity index (χ1) is 8.65. The molecule has 3 nitrogen and oxygen atoms in total. The predicted molar refractivity (Wildman–Crippen MR) is 75.2 cm³/mol. The highest BCUT2D eigenvalue weighted by atomic mass is 35.5. The van der Waals surface area contributed by atoms with Crippen molar-refractivity contribution < 1.29 is 4.79 Å². The van der Waals surface area contributed by atoms with Gasteiger partial charge in [-0.25, -0.2) is 4.79 Å². The molecule has 1 aliphatic rings. The van der Waals surface area contributed by atoms with Crippen molar-refractivity contribution in [3.63, 3.8) is 0 Å². The summed E-state index contributed by atoms with van der Waals surface area (Å²) in [6.07, 6.45) is 5.85. The third kappa shape index (κ3) is 3.64. The first-order valence-corrected chi connectivity index (χ1v) is 6.86. The standard InChI is InChI=1S/C14H19ClN2O/c1-10-7-8-12(15)13(9-10)17-14(18)16-11-5-3-2-4-6-11/h7-9,11H,2-6H2,1H3,(H2,16,17,18). The summed E-state index contributed by atoms with van der Waals surface area (Å²) in [5, 5.41) is 6.39. The van der Waals surface area contributed by atoms with Gasteiger partial charge in [0.1, 0.15) is 0 Å². The predicted octanol–water partition coefficient (Wildman–Crippen LogP) is 4.10. The Balaban J connectivity index is 1.92. The van der Waals surface area contributed by atoms with Gasteiger partial charge in [-0.1, -0.05) is 36.9 Å². The summed E-state index contributed by atoms with van der Waals surface area (Å²) in [7, 11) is 0. The van der Waals surface area contributed by atoms with Crippen molar-refractivity contribution in [2.45, 2.75) is 45.1 Å². The normalized spacial score (nSPS) is 16.3. The molecule has 1 aromatic rings. The lowest BCUT2D eigenvalue weighted by Crippen LogP contribution is -2.39. The molecule has 0 heterocycles. The molecule has 0 unspecified atom stereocenters. The Hall–Kier alpha value is -1.22. The number of hydrogen-bond acceptors (Lipinski definition) is 1. The number of urea groups is 1. The van der Waals surface area contributed by atoms with Gasteiger partial charge in [-0.2, -0.15) is 0 Å². The highest BCUT2D eigenvalue weighted by Crippen LogP contribution is 2.23. The lowest BCUT2D eigenvalue weighted by Gasteiger charge is -2.23. The van der Waals surface area contributed by atoms with Gasteiger partial charge in [-0.15, -0.1) is 0 Å². The fourth-order valence-electron chi connectivity index (χ4n) is 2.33. The Morgan fingerprint density at radius 1 is 1.28 bits per heavy atom. The van der Waals surface area contributed by atoms with Crippen LogP contribution in [0.2, 0.25) is 5.02 Å². The Bertz CT molecular complexity index is 428. The summed E-state index contributed by atoms with van der Waals surface area (Å²) in [5.74, 6) is 0. The lowest BCUT2D eigenvalue weighted by atomic mass is 9.96. The summed E-state index contributed by atoms with van der Waals surface area (Å²) in [6, 6.07) is 5.75. The first kappa shape index (κ1) is 13.2. The molecule has 0 radical (unpaired) electrons. The molecule has 2 rings (SSSR count). The van der Waals surface area contributed by atoms with E-state index in [-0.39, 0.29) is 6.03 Å². The molecule has 0 bridgehead atoms. The van der Waals surface area contributed by atoms with Crippen molar-refractivity contribution in [2.24, 2.45) is 0 Å². The van der Waals surface area contributed by atoms with Gasteiger partial charge in [-0.05, 0) is 37.5 Å². The van der Waals surface area contributed by atoms with E-state index in [0.29, 0.717) is 16.8 Å². The summed E-state index contributed by atoms with van der Waals surface area (Å²) in [5.41, 5.74) is 1.75. The zero-order chi connectivity index (χ0) is 13.0. The van der Waals surface area contributed by atoms with Gasteiger partial charge in [0.15, 0.2) is 0 Å². The van der Waals surface area contributed by atoms with Gasteiger partial charge >= 0.3 is 6.03 Å². The van der Waals surface area contributed by atoms with Gasteiger partial charge in [0.25, 0.3) is 0 Å². The van der Waals surface area contributed by atoms with Crippen molar-refractivity contribution in [1.29, 1.82) is 0 Å². The van der Waals surface area contributed by atoms with Crippen LogP contribution in [0, 0.1) is 6.92 Å². The molecule has 0 saturated heterocycles. The molecule has 2 amide bonds. The highest BCUT2D eigenvalue weighted by molar-refractivity contribution is 6.33. The molecule has 1 saturated carbocycles. The van der Waals surface area contributed by atoms with E-state index in [1.165, 1.54) is 19.3 Å². The minimum atomic E-state index is -0.158. The van der Waals surface area contributed by atoms with Crippen LogP contribution in [0.4, 0.5) is 10.5 Å². The van der Waals surface area contributed by atoms with Crippen molar-refractivity contribution >= 4 is 23.3 Å². The molecular weight excluding hydrogens is 248 g/mol. The molecule has 0 aliphatic heterocycles. The Kier molecular flexibility index (Phi) is 4.48. The molecule has 0 aromatic heterocycles. The maximum atomic E-state index is 11.9. The van der Waals surface area contributed by atoms with Gasteiger partial charge < -0.3 is 10.6 Å². The summed E-state index contributed by atoms with van der Waals surface area (Å²) < 4.78 is 0. The number of hydrogen-bond donors (Lipinski definition) is 2. The molecule has 2 N–H and O–H groups in total.